The van der Waals surface area contributed by atoms with Crippen LogP contribution >= 0.6 is 11.6 Å². The summed E-state index contributed by atoms with van der Waals surface area (Å²) in [6, 6.07) is 3.66. The first-order valence-electron chi connectivity index (χ1n) is 5.80. The van der Waals surface area contributed by atoms with Crippen LogP contribution in [0.1, 0.15) is 43.1 Å². The number of nitrogens with one attached hydrogen (secondary N) is 1. The Hall–Kier alpha value is -1.30. The summed E-state index contributed by atoms with van der Waals surface area (Å²) >= 11 is 6.20. The van der Waals surface area contributed by atoms with Crippen LogP contribution in [0.3, 0.4) is 0 Å². The molecule has 0 fully saturated rings. The highest BCUT2D eigenvalue weighted by Gasteiger charge is 2.24. The van der Waals surface area contributed by atoms with Gasteiger partial charge in [0.05, 0.1) is 16.9 Å². The van der Waals surface area contributed by atoms with Gasteiger partial charge in [-0.1, -0.05) is 11.6 Å². The maximum atomic E-state index is 6.20. The van der Waals surface area contributed by atoms with E-state index in [0.717, 1.165) is 17.2 Å². The molecule has 6 heteroatoms. The quantitative estimate of drug-likeness (QED) is 0.661. The normalized spacial score (nSPS) is 13.2. The fraction of sp³-hybridized carbons (Fsp3) is 0.417. The van der Waals surface area contributed by atoms with E-state index in [0.29, 0.717) is 5.02 Å². The summed E-state index contributed by atoms with van der Waals surface area (Å²) in [5.74, 6) is 7.19. The summed E-state index contributed by atoms with van der Waals surface area (Å²) in [7, 11) is 0. The van der Waals surface area contributed by atoms with Gasteiger partial charge in [0.2, 0.25) is 0 Å². The second-order valence-electron chi connectivity index (χ2n) is 4.46. The van der Waals surface area contributed by atoms with E-state index in [1.54, 1.807) is 6.20 Å². The number of hydrogen-bond acceptors (Lipinski definition) is 4. The topological polar surface area (TPSA) is 69.0 Å². The van der Waals surface area contributed by atoms with Crippen molar-refractivity contribution in [2.24, 2.45) is 5.84 Å². The summed E-state index contributed by atoms with van der Waals surface area (Å²) in [6.07, 6.45) is 1.62. The van der Waals surface area contributed by atoms with Crippen molar-refractivity contribution in [2.45, 2.75) is 32.9 Å². The lowest BCUT2D eigenvalue weighted by atomic mass is 10.1. The van der Waals surface area contributed by atoms with Crippen LogP contribution in [0.4, 0.5) is 0 Å². The molecule has 1 atom stereocenters. The van der Waals surface area contributed by atoms with Gasteiger partial charge in [0.1, 0.15) is 17.6 Å². The van der Waals surface area contributed by atoms with Crippen LogP contribution in [0.25, 0.3) is 0 Å². The summed E-state index contributed by atoms with van der Waals surface area (Å²) in [6.45, 7) is 5.96. The van der Waals surface area contributed by atoms with Gasteiger partial charge in [0.25, 0.3) is 0 Å². The van der Waals surface area contributed by atoms with Crippen LogP contribution in [0.5, 0.6) is 0 Å². The minimum Gasteiger partial charge on any atom is -0.464 e. The van der Waals surface area contributed by atoms with Crippen LogP contribution in [0, 0.1) is 6.92 Å². The van der Waals surface area contributed by atoms with E-state index in [1.165, 1.54) is 0 Å². The van der Waals surface area contributed by atoms with E-state index in [4.69, 9.17) is 21.9 Å². The molecule has 98 valence electrons. The number of aromatic nitrogens is 2. The molecule has 0 spiro atoms. The number of furan rings is 1. The molecule has 2 aromatic heterocycles. The van der Waals surface area contributed by atoms with Gasteiger partial charge in [-0.2, -0.15) is 5.10 Å². The molecule has 0 aliphatic heterocycles. The zero-order valence-corrected chi connectivity index (χ0v) is 11.4. The number of hydrazine groups is 1. The van der Waals surface area contributed by atoms with Gasteiger partial charge in [-0.3, -0.25) is 10.5 Å². The lowest BCUT2D eigenvalue weighted by Crippen LogP contribution is -2.31. The van der Waals surface area contributed by atoms with Crippen LogP contribution in [0.15, 0.2) is 22.7 Å². The predicted octanol–water partition coefficient (Wildman–Crippen LogP) is 2.57. The molecule has 18 heavy (non-hydrogen) atoms. The first-order chi connectivity index (χ1) is 8.54. The maximum Gasteiger partial charge on any atom is 0.128 e. The molecule has 0 aliphatic rings. The smallest absolute Gasteiger partial charge is 0.128 e. The van der Waals surface area contributed by atoms with Crippen LogP contribution in [0.2, 0.25) is 5.02 Å². The third kappa shape index (κ3) is 2.29. The molecule has 1 unspecified atom stereocenters. The molecule has 0 radical (unpaired) electrons. The van der Waals surface area contributed by atoms with Gasteiger partial charge in [-0.15, -0.1) is 0 Å². The first-order valence-corrected chi connectivity index (χ1v) is 6.17. The highest BCUT2D eigenvalue weighted by molar-refractivity contribution is 6.31. The Labute approximate surface area is 111 Å². The standard InChI is InChI=1S/C12H17ClN4O/c1-7(2)17-12(9(13)6-15-17)11(16-14)10-5-4-8(3)18-10/h4-7,11,16H,14H2,1-3H3. The fourth-order valence-corrected chi connectivity index (χ4v) is 2.18. The Balaban J connectivity index is 2.47. The Bertz CT molecular complexity index is 532. The molecule has 5 nitrogen and oxygen atoms in total. The molecule has 0 aromatic carbocycles. The van der Waals surface area contributed by atoms with Crippen molar-refractivity contribution in [1.82, 2.24) is 15.2 Å². The van der Waals surface area contributed by atoms with Crippen molar-refractivity contribution in [2.75, 3.05) is 0 Å². The number of halogens is 1. The SMILES string of the molecule is Cc1ccc(C(NN)c2c(Cl)cnn2C(C)C)o1. The zero-order chi connectivity index (χ0) is 13.3. The average molecular weight is 269 g/mol. The average Bonchev–Trinajstić information content (AvgIpc) is 2.88. The monoisotopic (exact) mass is 268 g/mol. The van der Waals surface area contributed by atoms with Crippen molar-refractivity contribution in [3.8, 4) is 0 Å². The van der Waals surface area contributed by atoms with Gasteiger partial charge >= 0.3 is 0 Å². The highest BCUT2D eigenvalue weighted by atomic mass is 35.5. The Morgan fingerprint density at radius 1 is 1.44 bits per heavy atom. The van der Waals surface area contributed by atoms with E-state index in [2.05, 4.69) is 10.5 Å². The van der Waals surface area contributed by atoms with Gasteiger partial charge < -0.3 is 4.42 Å². The summed E-state index contributed by atoms with van der Waals surface area (Å²) in [4.78, 5) is 0. The van der Waals surface area contributed by atoms with E-state index in [1.807, 2.05) is 37.6 Å². The number of aryl methyl sites for hydroxylation is 1. The van der Waals surface area contributed by atoms with Gasteiger partial charge in [0, 0.05) is 6.04 Å². The van der Waals surface area contributed by atoms with Crippen molar-refractivity contribution in [3.05, 3.63) is 40.6 Å². The van der Waals surface area contributed by atoms with Crippen molar-refractivity contribution in [3.63, 3.8) is 0 Å². The predicted molar refractivity (Wildman–Crippen MR) is 70.2 cm³/mol. The third-order valence-electron chi connectivity index (χ3n) is 2.76. The van der Waals surface area contributed by atoms with E-state index < -0.39 is 0 Å². The Kier molecular flexibility index (Phi) is 3.75. The van der Waals surface area contributed by atoms with Crippen molar-refractivity contribution >= 4 is 11.6 Å². The Morgan fingerprint density at radius 3 is 2.67 bits per heavy atom. The molecule has 0 aliphatic carbocycles. The van der Waals surface area contributed by atoms with Crippen LogP contribution < -0.4 is 11.3 Å². The second-order valence-corrected chi connectivity index (χ2v) is 4.87. The Morgan fingerprint density at radius 2 is 2.17 bits per heavy atom. The molecular weight excluding hydrogens is 252 g/mol. The van der Waals surface area contributed by atoms with E-state index >= 15 is 0 Å². The molecule has 3 N–H and O–H groups in total. The van der Waals surface area contributed by atoms with Gasteiger partial charge in [0.15, 0.2) is 0 Å². The van der Waals surface area contributed by atoms with Crippen LogP contribution in [-0.4, -0.2) is 9.78 Å². The third-order valence-corrected chi connectivity index (χ3v) is 3.05. The summed E-state index contributed by atoms with van der Waals surface area (Å²) in [5.41, 5.74) is 3.54. The molecule has 0 saturated carbocycles. The molecule has 2 aromatic rings. The first kappa shape index (κ1) is 13.1. The van der Waals surface area contributed by atoms with E-state index in [-0.39, 0.29) is 12.1 Å². The fourth-order valence-electron chi connectivity index (χ4n) is 1.94. The van der Waals surface area contributed by atoms with Gasteiger partial charge in [-0.25, -0.2) is 5.43 Å². The van der Waals surface area contributed by atoms with Crippen molar-refractivity contribution < 1.29 is 4.42 Å². The second kappa shape index (κ2) is 5.14. The van der Waals surface area contributed by atoms with Crippen LogP contribution in [-0.2, 0) is 0 Å². The number of rotatable bonds is 4. The lowest BCUT2D eigenvalue weighted by molar-refractivity contribution is 0.406. The highest BCUT2D eigenvalue weighted by Crippen LogP contribution is 2.30. The summed E-state index contributed by atoms with van der Waals surface area (Å²) < 4.78 is 7.45. The molecule has 0 amide bonds. The molecule has 2 rings (SSSR count). The largest absolute Gasteiger partial charge is 0.464 e. The number of nitrogens with two attached hydrogens (primary N) is 1. The molecular formula is C12H17ClN4O. The van der Waals surface area contributed by atoms with Gasteiger partial charge in [-0.05, 0) is 32.9 Å². The minimum atomic E-state index is -0.309. The zero-order valence-electron chi connectivity index (χ0n) is 10.6. The lowest BCUT2D eigenvalue weighted by Gasteiger charge is -2.18. The molecule has 0 saturated heterocycles. The number of hydrogen-bond donors (Lipinski definition) is 2. The molecule has 2 heterocycles. The van der Waals surface area contributed by atoms with E-state index in [9.17, 15) is 0 Å². The number of nitrogens with zero attached hydrogens (tertiary/aromatic N) is 2. The van der Waals surface area contributed by atoms with Crippen molar-refractivity contribution in [1.29, 1.82) is 0 Å². The minimum absolute atomic E-state index is 0.194. The summed E-state index contributed by atoms with van der Waals surface area (Å²) in [5, 5.41) is 4.83. The maximum absolute atomic E-state index is 6.20. The molecule has 0 bridgehead atoms.